The van der Waals surface area contributed by atoms with E-state index in [1.54, 1.807) is 48.5 Å². The monoisotopic (exact) mass is 421 g/mol. The van der Waals surface area contributed by atoms with Crippen LogP contribution in [0.2, 0.25) is 5.02 Å². The van der Waals surface area contributed by atoms with Crippen LogP contribution >= 0.6 is 11.6 Å². The molecule has 1 atom stereocenters. The lowest BCUT2D eigenvalue weighted by Crippen LogP contribution is -2.45. The average molecular weight is 422 g/mol. The Morgan fingerprint density at radius 3 is 2.54 bits per heavy atom. The molecule has 0 unspecified atom stereocenters. The molecule has 0 aromatic heterocycles. The lowest BCUT2D eigenvalue weighted by atomic mass is 10.2. The van der Waals surface area contributed by atoms with Gasteiger partial charge in [0, 0.05) is 29.8 Å². The van der Waals surface area contributed by atoms with E-state index < -0.39 is 27.9 Å². The molecule has 2 aromatic carbocycles. The van der Waals surface area contributed by atoms with Crippen molar-refractivity contribution in [3.05, 3.63) is 59.6 Å². The first-order chi connectivity index (χ1) is 13.4. The third kappa shape index (κ3) is 4.70. The Labute approximate surface area is 168 Å². The third-order valence-corrected chi connectivity index (χ3v) is 6.66. The van der Waals surface area contributed by atoms with Crippen LogP contribution in [0.3, 0.4) is 0 Å². The van der Waals surface area contributed by atoms with E-state index in [1.165, 1.54) is 10.4 Å². The van der Waals surface area contributed by atoms with Crippen molar-refractivity contribution < 1.29 is 18.0 Å². The molecule has 0 bridgehead atoms. The number of benzene rings is 2. The van der Waals surface area contributed by atoms with Crippen molar-refractivity contribution in [1.82, 2.24) is 9.62 Å². The first-order valence-electron chi connectivity index (χ1n) is 8.79. The second-order valence-corrected chi connectivity index (χ2v) is 8.73. The number of carbonyl (C=O) groups excluding carboxylic acids is 2. The normalized spacial score (nSPS) is 17.2. The van der Waals surface area contributed by atoms with Crippen molar-refractivity contribution in [2.75, 3.05) is 18.4 Å². The molecule has 2 aromatic rings. The van der Waals surface area contributed by atoms with Crippen molar-refractivity contribution in [3.63, 3.8) is 0 Å². The number of anilines is 1. The predicted molar refractivity (Wildman–Crippen MR) is 106 cm³/mol. The summed E-state index contributed by atoms with van der Waals surface area (Å²) in [7, 11) is -3.64. The van der Waals surface area contributed by atoms with E-state index in [-0.39, 0.29) is 11.4 Å². The largest absolute Gasteiger partial charge is 0.346 e. The summed E-state index contributed by atoms with van der Waals surface area (Å²) in [4.78, 5) is 24.3. The fraction of sp³-hybridized carbons (Fsp3) is 0.263. The Balaban J connectivity index is 1.60. The highest BCUT2D eigenvalue weighted by Crippen LogP contribution is 2.25. The van der Waals surface area contributed by atoms with Gasteiger partial charge in [0.1, 0.15) is 0 Å². The summed E-state index contributed by atoms with van der Waals surface area (Å²) in [5.74, 6) is -1.67. The van der Waals surface area contributed by atoms with Gasteiger partial charge < -0.3 is 10.6 Å². The van der Waals surface area contributed by atoms with Crippen molar-refractivity contribution in [2.45, 2.75) is 23.8 Å². The smallest absolute Gasteiger partial charge is 0.313 e. The standard InChI is InChI=1S/C19H20ClN3O4S/c20-14-6-4-7-15(12-14)22-19(25)18(24)21-13-16-8-5-11-23(16)28(26,27)17-9-2-1-3-10-17/h1-4,6-7,9-10,12,16H,5,8,11,13H2,(H,21,24)(H,22,25)/t16-/m0/s1. The van der Waals surface area contributed by atoms with Crippen LogP contribution in [0.1, 0.15) is 12.8 Å². The minimum atomic E-state index is -3.64. The number of nitrogens with zero attached hydrogens (tertiary/aromatic N) is 1. The molecule has 9 heteroatoms. The molecule has 7 nitrogen and oxygen atoms in total. The number of sulfonamides is 1. The van der Waals surface area contributed by atoms with Crippen molar-refractivity contribution in [3.8, 4) is 0 Å². The first-order valence-corrected chi connectivity index (χ1v) is 10.6. The van der Waals surface area contributed by atoms with Crippen LogP contribution in [0, 0.1) is 0 Å². The molecule has 28 heavy (non-hydrogen) atoms. The summed E-state index contributed by atoms with van der Waals surface area (Å²) in [6, 6.07) is 14.2. The van der Waals surface area contributed by atoms with Crippen LogP contribution in [-0.4, -0.2) is 43.7 Å². The van der Waals surface area contributed by atoms with Crippen LogP contribution in [0.25, 0.3) is 0 Å². The predicted octanol–water partition coefficient (Wildman–Crippen LogP) is 2.25. The van der Waals surface area contributed by atoms with Gasteiger partial charge in [0.05, 0.1) is 4.90 Å². The van der Waals surface area contributed by atoms with Gasteiger partial charge >= 0.3 is 11.8 Å². The molecule has 0 aliphatic carbocycles. The summed E-state index contributed by atoms with van der Waals surface area (Å²) in [6.45, 7) is 0.445. The van der Waals surface area contributed by atoms with Crippen LogP contribution in [-0.2, 0) is 19.6 Å². The Morgan fingerprint density at radius 1 is 1.07 bits per heavy atom. The minimum Gasteiger partial charge on any atom is -0.346 e. The number of amides is 2. The van der Waals surface area contributed by atoms with Crippen molar-refractivity contribution in [1.29, 1.82) is 0 Å². The van der Waals surface area contributed by atoms with E-state index in [9.17, 15) is 18.0 Å². The first kappa shape index (κ1) is 20.3. The molecule has 0 radical (unpaired) electrons. The van der Waals surface area contributed by atoms with Crippen LogP contribution in [0.5, 0.6) is 0 Å². The van der Waals surface area contributed by atoms with Gasteiger partial charge in [0.25, 0.3) is 0 Å². The van der Waals surface area contributed by atoms with E-state index in [0.29, 0.717) is 30.1 Å². The van der Waals surface area contributed by atoms with E-state index in [0.717, 1.165) is 0 Å². The summed E-state index contributed by atoms with van der Waals surface area (Å²) in [5, 5.41) is 5.42. The lowest BCUT2D eigenvalue weighted by molar-refractivity contribution is -0.136. The van der Waals surface area contributed by atoms with Gasteiger partial charge in [-0.05, 0) is 43.2 Å². The van der Waals surface area contributed by atoms with Crippen LogP contribution in [0.15, 0.2) is 59.5 Å². The van der Waals surface area contributed by atoms with Gasteiger partial charge in [-0.25, -0.2) is 8.42 Å². The van der Waals surface area contributed by atoms with Gasteiger partial charge in [-0.15, -0.1) is 0 Å². The average Bonchev–Trinajstić information content (AvgIpc) is 3.16. The second kappa shape index (κ2) is 8.72. The molecule has 1 saturated heterocycles. The molecular weight excluding hydrogens is 402 g/mol. The number of carbonyl (C=O) groups is 2. The quantitative estimate of drug-likeness (QED) is 0.724. The number of hydrogen-bond donors (Lipinski definition) is 2. The lowest BCUT2D eigenvalue weighted by Gasteiger charge is -2.24. The van der Waals surface area contributed by atoms with Crippen molar-refractivity contribution in [2.24, 2.45) is 0 Å². The highest BCUT2D eigenvalue weighted by molar-refractivity contribution is 7.89. The number of halogens is 1. The third-order valence-electron chi connectivity index (χ3n) is 4.46. The molecular formula is C19H20ClN3O4S. The Bertz CT molecular complexity index is 966. The molecule has 3 rings (SSSR count). The molecule has 2 N–H and O–H groups in total. The Morgan fingerprint density at radius 2 is 1.82 bits per heavy atom. The second-order valence-electron chi connectivity index (χ2n) is 6.40. The zero-order valence-corrected chi connectivity index (χ0v) is 16.5. The molecule has 1 aliphatic rings. The minimum absolute atomic E-state index is 0.0634. The molecule has 2 amide bonds. The maximum atomic E-state index is 12.8. The van der Waals surface area contributed by atoms with Crippen molar-refractivity contribution >= 4 is 39.1 Å². The SMILES string of the molecule is O=C(NC[C@@H]1CCCN1S(=O)(=O)c1ccccc1)C(=O)Nc1cccc(Cl)c1. The summed E-state index contributed by atoms with van der Waals surface area (Å²) in [6.07, 6.45) is 1.31. The van der Waals surface area contributed by atoms with Gasteiger partial charge in [-0.1, -0.05) is 35.9 Å². The molecule has 1 aliphatic heterocycles. The van der Waals surface area contributed by atoms with Crippen LogP contribution < -0.4 is 10.6 Å². The van der Waals surface area contributed by atoms with E-state index >= 15 is 0 Å². The highest BCUT2D eigenvalue weighted by Gasteiger charge is 2.35. The summed E-state index contributed by atoms with van der Waals surface area (Å²) in [5.41, 5.74) is 0.404. The summed E-state index contributed by atoms with van der Waals surface area (Å²) >= 11 is 5.85. The highest BCUT2D eigenvalue weighted by atomic mass is 35.5. The zero-order chi connectivity index (χ0) is 20.1. The fourth-order valence-electron chi connectivity index (χ4n) is 3.10. The fourth-order valence-corrected chi connectivity index (χ4v) is 5.01. The Hall–Kier alpha value is -2.42. The van der Waals surface area contributed by atoms with Crippen LogP contribution in [0.4, 0.5) is 5.69 Å². The van der Waals surface area contributed by atoms with Gasteiger partial charge in [0.2, 0.25) is 10.0 Å². The number of nitrogens with one attached hydrogen (secondary N) is 2. The van der Waals surface area contributed by atoms with E-state index in [2.05, 4.69) is 10.6 Å². The summed E-state index contributed by atoms with van der Waals surface area (Å²) < 4.78 is 27.0. The van der Waals surface area contributed by atoms with Gasteiger partial charge in [0.15, 0.2) is 0 Å². The maximum absolute atomic E-state index is 12.8. The van der Waals surface area contributed by atoms with E-state index in [1.807, 2.05) is 0 Å². The number of hydrogen-bond acceptors (Lipinski definition) is 4. The maximum Gasteiger partial charge on any atom is 0.313 e. The molecule has 148 valence electrons. The molecule has 0 spiro atoms. The molecule has 1 heterocycles. The van der Waals surface area contributed by atoms with Gasteiger partial charge in [-0.2, -0.15) is 4.31 Å². The Kier molecular flexibility index (Phi) is 6.33. The van der Waals surface area contributed by atoms with Gasteiger partial charge in [-0.3, -0.25) is 9.59 Å². The van der Waals surface area contributed by atoms with E-state index in [4.69, 9.17) is 11.6 Å². The number of rotatable bonds is 5. The molecule has 0 saturated carbocycles. The zero-order valence-electron chi connectivity index (χ0n) is 15.0. The molecule has 1 fully saturated rings. The topological polar surface area (TPSA) is 95.6 Å².